The Kier molecular flexibility index (Phi) is 8.04. The molecule has 0 saturated heterocycles. The van der Waals surface area contributed by atoms with E-state index >= 15 is 0 Å². The second kappa shape index (κ2) is 10.1. The van der Waals surface area contributed by atoms with E-state index in [-0.39, 0.29) is 31.2 Å². The molecule has 29 heavy (non-hydrogen) atoms. The van der Waals surface area contributed by atoms with Gasteiger partial charge in [-0.25, -0.2) is 0 Å². The van der Waals surface area contributed by atoms with E-state index in [1.807, 2.05) is 0 Å². The normalized spacial score (nSPS) is 16.9. The Balaban J connectivity index is 2.06. The van der Waals surface area contributed by atoms with E-state index in [2.05, 4.69) is 15.5 Å². The molecular formula is C19H29F3N4O3. The van der Waals surface area contributed by atoms with Gasteiger partial charge >= 0.3 is 6.18 Å². The number of carbonyl (C=O) groups excluding carboxylic acids is 2. The van der Waals surface area contributed by atoms with Crippen molar-refractivity contribution >= 4 is 11.8 Å². The first-order valence-electron chi connectivity index (χ1n) is 10.1. The third-order valence-electron chi connectivity index (χ3n) is 5.04. The molecule has 0 bridgehead atoms. The van der Waals surface area contributed by atoms with Gasteiger partial charge < -0.3 is 14.7 Å². The smallest absolute Gasteiger partial charge is 0.343 e. The van der Waals surface area contributed by atoms with Crippen LogP contribution >= 0.6 is 0 Å². The standard InChI is InChI=1S/C19H29F3N4O3/c1-3-12-26(13-19(20,21)22)16(28)9-8-15-23-17(25-29-15)18(24-14(2)27)10-6-4-5-7-11-18/h3-13H2,1-2H3,(H,24,27). The highest BCUT2D eigenvalue weighted by atomic mass is 19.4. The van der Waals surface area contributed by atoms with Crippen LogP contribution in [0.4, 0.5) is 13.2 Å². The summed E-state index contributed by atoms with van der Waals surface area (Å²) in [4.78, 5) is 29.1. The number of alkyl halides is 3. The minimum Gasteiger partial charge on any atom is -0.343 e. The highest BCUT2D eigenvalue weighted by Crippen LogP contribution is 2.34. The molecule has 1 fully saturated rings. The Bertz CT molecular complexity index is 682. The quantitative estimate of drug-likeness (QED) is 0.653. The number of carbonyl (C=O) groups is 2. The maximum Gasteiger partial charge on any atom is 0.406 e. The second-order valence-corrected chi connectivity index (χ2v) is 7.62. The fraction of sp³-hybridized carbons (Fsp3) is 0.789. The highest BCUT2D eigenvalue weighted by molar-refractivity contribution is 5.76. The van der Waals surface area contributed by atoms with Gasteiger partial charge in [-0.1, -0.05) is 37.8 Å². The Hall–Kier alpha value is -2.13. The Labute approximate surface area is 168 Å². The summed E-state index contributed by atoms with van der Waals surface area (Å²) in [5, 5.41) is 6.99. The molecule has 0 radical (unpaired) electrons. The van der Waals surface area contributed by atoms with E-state index in [0.717, 1.165) is 30.6 Å². The fourth-order valence-corrected chi connectivity index (χ4v) is 3.77. The third-order valence-corrected chi connectivity index (χ3v) is 5.04. The predicted octanol–water partition coefficient (Wildman–Crippen LogP) is 3.49. The molecule has 0 spiro atoms. The van der Waals surface area contributed by atoms with Gasteiger partial charge in [-0.2, -0.15) is 18.2 Å². The molecular weight excluding hydrogens is 389 g/mol. The molecule has 1 aliphatic carbocycles. The minimum absolute atomic E-state index is 0.0407. The molecule has 1 aliphatic rings. The number of amides is 2. The van der Waals surface area contributed by atoms with E-state index in [4.69, 9.17) is 4.52 Å². The lowest BCUT2D eigenvalue weighted by Crippen LogP contribution is -2.45. The summed E-state index contributed by atoms with van der Waals surface area (Å²) in [6, 6.07) is 0. The van der Waals surface area contributed by atoms with Crippen molar-refractivity contribution < 1.29 is 27.3 Å². The Morgan fingerprint density at radius 3 is 2.41 bits per heavy atom. The van der Waals surface area contributed by atoms with Crippen molar-refractivity contribution in [3.8, 4) is 0 Å². The van der Waals surface area contributed by atoms with Gasteiger partial charge in [-0.15, -0.1) is 0 Å². The zero-order valence-corrected chi connectivity index (χ0v) is 17.0. The lowest BCUT2D eigenvalue weighted by molar-refractivity contribution is -0.161. The summed E-state index contributed by atoms with van der Waals surface area (Å²) in [7, 11) is 0. The molecule has 1 aromatic heterocycles. The van der Waals surface area contributed by atoms with Crippen molar-refractivity contribution in [3.63, 3.8) is 0 Å². The maximum absolute atomic E-state index is 12.7. The average molecular weight is 418 g/mol. The van der Waals surface area contributed by atoms with E-state index < -0.39 is 24.2 Å². The lowest BCUT2D eigenvalue weighted by atomic mass is 9.89. The number of halogens is 3. The largest absolute Gasteiger partial charge is 0.406 e. The zero-order valence-electron chi connectivity index (χ0n) is 17.0. The van der Waals surface area contributed by atoms with E-state index in [0.29, 0.717) is 25.1 Å². The minimum atomic E-state index is -4.44. The number of aryl methyl sites for hydroxylation is 1. The lowest BCUT2D eigenvalue weighted by Gasteiger charge is -2.30. The molecule has 164 valence electrons. The van der Waals surface area contributed by atoms with Crippen molar-refractivity contribution in [1.82, 2.24) is 20.4 Å². The van der Waals surface area contributed by atoms with Crippen LogP contribution in [0.3, 0.4) is 0 Å². The number of aromatic nitrogens is 2. The highest BCUT2D eigenvalue weighted by Gasteiger charge is 2.38. The number of rotatable bonds is 8. The van der Waals surface area contributed by atoms with Crippen molar-refractivity contribution in [2.75, 3.05) is 13.1 Å². The first-order chi connectivity index (χ1) is 13.6. The first-order valence-corrected chi connectivity index (χ1v) is 10.1. The molecule has 0 aromatic carbocycles. The van der Waals surface area contributed by atoms with Gasteiger partial charge in [0, 0.05) is 26.3 Å². The maximum atomic E-state index is 12.7. The summed E-state index contributed by atoms with van der Waals surface area (Å²) < 4.78 is 43.3. The van der Waals surface area contributed by atoms with Gasteiger partial charge in [0.25, 0.3) is 0 Å². The molecule has 2 amide bonds. The molecule has 1 N–H and O–H groups in total. The molecule has 0 aliphatic heterocycles. The SMILES string of the molecule is CCCN(CC(F)(F)F)C(=O)CCc1nc(C2(NC(C)=O)CCCCCC2)no1. The number of nitrogens with zero attached hydrogens (tertiary/aromatic N) is 3. The monoisotopic (exact) mass is 418 g/mol. The number of nitrogens with one attached hydrogen (secondary N) is 1. The van der Waals surface area contributed by atoms with Gasteiger partial charge in [-0.05, 0) is 19.3 Å². The second-order valence-electron chi connectivity index (χ2n) is 7.62. The Morgan fingerprint density at radius 1 is 1.21 bits per heavy atom. The molecule has 0 unspecified atom stereocenters. The van der Waals surface area contributed by atoms with Crippen LogP contribution < -0.4 is 5.32 Å². The van der Waals surface area contributed by atoms with Crippen LogP contribution in [0.2, 0.25) is 0 Å². The molecule has 10 heteroatoms. The summed E-state index contributed by atoms with van der Waals surface area (Å²) in [6.45, 7) is 1.93. The van der Waals surface area contributed by atoms with E-state index in [1.165, 1.54) is 6.92 Å². The summed E-state index contributed by atoms with van der Waals surface area (Å²) in [6.07, 6.45) is 1.27. The summed E-state index contributed by atoms with van der Waals surface area (Å²) in [5.41, 5.74) is -0.696. The number of hydrogen-bond acceptors (Lipinski definition) is 5. The van der Waals surface area contributed by atoms with Gasteiger partial charge in [0.05, 0.1) is 0 Å². The van der Waals surface area contributed by atoms with Crippen LogP contribution in [0.1, 0.15) is 76.9 Å². The third kappa shape index (κ3) is 7.01. The van der Waals surface area contributed by atoms with Crippen LogP contribution in [0.25, 0.3) is 0 Å². The van der Waals surface area contributed by atoms with Crippen LogP contribution in [-0.4, -0.2) is 46.1 Å². The van der Waals surface area contributed by atoms with Crippen molar-refractivity contribution in [2.24, 2.45) is 0 Å². The average Bonchev–Trinajstić information content (AvgIpc) is 2.98. The van der Waals surface area contributed by atoms with Crippen LogP contribution in [0.5, 0.6) is 0 Å². The van der Waals surface area contributed by atoms with Gasteiger partial charge in [0.15, 0.2) is 5.82 Å². The van der Waals surface area contributed by atoms with E-state index in [9.17, 15) is 22.8 Å². The zero-order chi connectivity index (χ0) is 21.5. The molecule has 2 rings (SSSR count). The topological polar surface area (TPSA) is 88.3 Å². The van der Waals surface area contributed by atoms with Gasteiger partial charge in [0.1, 0.15) is 12.1 Å². The number of hydrogen-bond donors (Lipinski definition) is 1. The summed E-state index contributed by atoms with van der Waals surface area (Å²) >= 11 is 0. The Morgan fingerprint density at radius 2 is 1.86 bits per heavy atom. The fourth-order valence-electron chi connectivity index (χ4n) is 3.77. The first kappa shape index (κ1) is 23.2. The molecule has 0 atom stereocenters. The van der Waals surface area contributed by atoms with Crippen LogP contribution in [0.15, 0.2) is 4.52 Å². The molecule has 1 saturated carbocycles. The molecule has 1 heterocycles. The summed E-state index contributed by atoms with van der Waals surface area (Å²) in [5.74, 6) is -0.228. The van der Waals surface area contributed by atoms with Crippen molar-refractivity contribution in [3.05, 3.63) is 11.7 Å². The van der Waals surface area contributed by atoms with Crippen molar-refractivity contribution in [2.45, 2.75) is 83.4 Å². The van der Waals surface area contributed by atoms with Crippen LogP contribution in [-0.2, 0) is 21.5 Å². The van der Waals surface area contributed by atoms with Crippen molar-refractivity contribution in [1.29, 1.82) is 0 Å². The van der Waals surface area contributed by atoms with Gasteiger partial charge in [-0.3, -0.25) is 9.59 Å². The van der Waals surface area contributed by atoms with Gasteiger partial charge in [0.2, 0.25) is 17.7 Å². The van der Waals surface area contributed by atoms with E-state index in [1.54, 1.807) is 6.92 Å². The van der Waals surface area contributed by atoms with Crippen LogP contribution in [0, 0.1) is 0 Å². The molecule has 1 aromatic rings. The molecule has 7 nitrogen and oxygen atoms in total. The predicted molar refractivity (Wildman–Crippen MR) is 98.7 cm³/mol.